The zero-order valence-corrected chi connectivity index (χ0v) is 13.5. The van der Waals surface area contributed by atoms with Crippen LogP contribution in [0.25, 0.3) is 11.0 Å². The Balaban J connectivity index is 1.82. The van der Waals surface area contributed by atoms with Crippen molar-refractivity contribution in [3.63, 3.8) is 0 Å². The van der Waals surface area contributed by atoms with E-state index in [1.54, 1.807) is 6.07 Å². The predicted octanol–water partition coefficient (Wildman–Crippen LogP) is 3.85. The number of aromatic nitrogens is 2. The van der Waals surface area contributed by atoms with Gasteiger partial charge < -0.3 is 15.4 Å². The molecule has 0 atom stereocenters. The number of phenolic OH excluding ortho intramolecular Hbond substituents is 1. The van der Waals surface area contributed by atoms with Crippen LogP contribution in [0.1, 0.15) is 19.4 Å². The summed E-state index contributed by atoms with van der Waals surface area (Å²) in [5, 5.41) is 13.4. The first-order valence-electron chi connectivity index (χ1n) is 7.95. The minimum atomic E-state index is 0.326. The molecule has 0 aliphatic carbocycles. The van der Waals surface area contributed by atoms with Crippen molar-refractivity contribution in [2.45, 2.75) is 20.4 Å². The van der Waals surface area contributed by atoms with Crippen LogP contribution < -0.4 is 5.32 Å². The van der Waals surface area contributed by atoms with Crippen molar-refractivity contribution < 1.29 is 5.11 Å². The summed E-state index contributed by atoms with van der Waals surface area (Å²) in [5.41, 5.74) is 3.74. The zero-order chi connectivity index (χ0) is 16.2. The van der Waals surface area contributed by atoms with Gasteiger partial charge in [-0.25, -0.2) is 4.98 Å². The SMILES string of the molecule is CCN(CC)Cc1cc(Nc2nc3ccccc3[nH]2)ccc1O. The Morgan fingerprint density at radius 1 is 1.13 bits per heavy atom. The van der Waals surface area contributed by atoms with Crippen LogP contribution in [0.5, 0.6) is 5.75 Å². The molecule has 3 rings (SSSR count). The average molecular weight is 310 g/mol. The maximum atomic E-state index is 10.1. The molecular formula is C18H22N4O. The molecule has 3 aromatic rings. The highest BCUT2D eigenvalue weighted by Crippen LogP contribution is 2.25. The molecule has 0 unspecified atom stereocenters. The Morgan fingerprint density at radius 2 is 1.91 bits per heavy atom. The highest BCUT2D eigenvalue weighted by Gasteiger charge is 2.08. The van der Waals surface area contributed by atoms with Crippen molar-refractivity contribution >= 4 is 22.7 Å². The van der Waals surface area contributed by atoms with Crippen molar-refractivity contribution in [1.82, 2.24) is 14.9 Å². The maximum absolute atomic E-state index is 10.1. The largest absolute Gasteiger partial charge is 0.508 e. The lowest BCUT2D eigenvalue weighted by Gasteiger charge is -2.19. The lowest BCUT2D eigenvalue weighted by molar-refractivity contribution is 0.291. The number of aromatic amines is 1. The number of fused-ring (bicyclic) bond motifs is 1. The number of anilines is 2. The standard InChI is InChI=1S/C18H22N4O/c1-3-22(4-2)12-13-11-14(9-10-17(13)23)19-18-20-15-7-5-6-8-16(15)21-18/h5-11,23H,3-4,12H2,1-2H3,(H2,19,20,21). The van der Waals surface area contributed by atoms with Crippen molar-refractivity contribution in [2.24, 2.45) is 0 Å². The first-order valence-corrected chi connectivity index (χ1v) is 7.95. The molecule has 5 nitrogen and oxygen atoms in total. The molecule has 0 saturated heterocycles. The van der Waals surface area contributed by atoms with E-state index < -0.39 is 0 Å². The molecule has 2 aromatic carbocycles. The monoisotopic (exact) mass is 310 g/mol. The number of benzene rings is 2. The third-order valence-electron chi connectivity index (χ3n) is 4.02. The van der Waals surface area contributed by atoms with Crippen molar-refractivity contribution in [3.05, 3.63) is 48.0 Å². The molecule has 0 amide bonds. The van der Waals surface area contributed by atoms with Gasteiger partial charge in [-0.15, -0.1) is 0 Å². The van der Waals surface area contributed by atoms with E-state index in [4.69, 9.17) is 0 Å². The van der Waals surface area contributed by atoms with Gasteiger partial charge in [0.15, 0.2) is 0 Å². The first kappa shape index (κ1) is 15.4. The minimum Gasteiger partial charge on any atom is -0.508 e. The fourth-order valence-corrected chi connectivity index (χ4v) is 2.63. The Bertz CT molecular complexity index is 760. The van der Waals surface area contributed by atoms with Crippen LogP contribution in [0.4, 0.5) is 11.6 Å². The fraction of sp³-hybridized carbons (Fsp3) is 0.278. The van der Waals surface area contributed by atoms with Gasteiger partial charge in [0.2, 0.25) is 5.95 Å². The second-order valence-corrected chi connectivity index (χ2v) is 5.53. The van der Waals surface area contributed by atoms with Gasteiger partial charge in [-0.3, -0.25) is 4.90 Å². The van der Waals surface area contributed by atoms with Crippen LogP contribution in [0, 0.1) is 0 Å². The smallest absolute Gasteiger partial charge is 0.205 e. The van der Waals surface area contributed by atoms with Gasteiger partial charge in [-0.2, -0.15) is 0 Å². The molecule has 0 fully saturated rings. The van der Waals surface area contributed by atoms with E-state index in [0.29, 0.717) is 11.7 Å². The summed E-state index contributed by atoms with van der Waals surface area (Å²) in [4.78, 5) is 10.0. The second-order valence-electron chi connectivity index (χ2n) is 5.53. The van der Waals surface area contributed by atoms with Crippen LogP contribution >= 0.6 is 0 Å². The van der Waals surface area contributed by atoms with Crippen molar-refractivity contribution in [3.8, 4) is 5.75 Å². The Kier molecular flexibility index (Phi) is 4.48. The number of nitrogens with zero attached hydrogens (tertiary/aromatic N) is 2. The van der Waals surface area contributed by atoms with Crippen LogP contribution in [-0.2, 0) is 6.54 Å². The third kappa shape index (κ3) is 3.46. The highest BCUT2D eigenvalue weighted by molar-refractivity contribution is 5.78. The predicted molar refractivity (Wildman–Crippen MR) is 94.1 cm³/mol. The molecule has 5 heteroatoms. The van der Waals surface area contributed by atoms with Gasteiger partial charge in [-0.05, 0) is 43.4 Å². The number of nitrogens with one attached hydrogen (secondary N) is 2. The Hall–Kier alpha value is -2.53. The number of aromatic hydroxyl groups is 1. The van der Waals surface area contributed by atoms with E-state index in [-0.39, 0.29) is 0 Å². The van der Waals surface area contributed by atoms with Gasteiger partial charge in [0.1, 0.15) is 5.75 Å². The van der Waals surface area contributed by atoms with Crippen LogP contribution in [0.3, 0.4) is 0 Å². The topological polar surface area (TPSA) is 64.2 Å². The summed E-state index contributed by atoms with van der Waals surface area (Å²) in [6.45, 7) is 6.89. The van der Waals surface area contributed by atoms with Crippen molar-refractivity contribution in [1.29, 1.82) is 0 Å². The van der Waals surface area contributed by atoms with E-state index in [0.717, 1.165) is 41.9 Å². The summed E-state index contributed by atoms with van der Waals surface area (Å²) in [6, 6.07) is 13.5. The molecule has 0 aliphatic rings. The molecule has 3 N–H and O–H groups in total. The first-order chi connectivity index (χ1) is 11.2. The van der Waals surface area contributed by atoms with Crippen LogP contribution in [-0.4, -0.2) is 33.1 Å². The minimum absolute atomic E-state index is 0.326. The molecule has 23 heavy (non-hydrogen) atoms. The molecule has 0 radical (unpaired) electrons. The second kappa shape index (κ2) is 6.71. The van der Waals surface area contributed by atoms with Gasteiger partial charge in [0.25, 0.3) is 0 Å². The summed E-state index contributed by atoms with van der Waals surface area (Å²) >= 11 is 0. The maximum Gasteiger partial charge on any atom is 0.205 e. The van der Waals surface area contributed by atoms with E-state index >= 15 is 0 Å². The molecule has 120 valence electrons. The summed E-state index contributed by atoms with van der Waals surface area (Å²) < 4.78 is 0. The highest BCUT2D eigenvalue weighted by atomic mass is 16.3. The van der Waals surface area contributed by atoms with E-state index in [1.165, 1.54) is 0 Å². The lowest BCUT2D eigenvalue weighted by Crippen LogP contribution is -2.22. The number of imidazole rings is 1. The molecule has 0 saturated carbocycles. The van der Waals surface area contributed by atoms with E-state index in [2.05, 4.69) is 34.0 Å². The fourth-order valence-electron chi connectivity index (χ4n) is 2.63. The molecule has 0 aliphatic heterocycles. The van der Waals surface area contributed by atoms with Gasteiger partial charge in [0, 0.05) is 17.8 Å². The number of hydrogen-bond donors (Lipinski definition) is 3. The molecule has 1 heterocycles. The average Bonchev–Trinajstić information content (AvgIpc) is 2.97. The number of phenols is 1. The summed E-state index contributed by atoms with van der Waals surface area (Å²) in [7, 11) is 0. The third-order valence-corrected chi connectivity index (χ3v) is 4.02. The van der Waals surface area contributed by atoms with E-state index in [9.17, 15) is 5.11 Å². The normalized spacial score (nSPS) is 11.3. The molecular weight excluding hydrogens is 288 g/mol. The van der Waals surface area contributed by atoms with Crippen LogP contribution in [0.2, 0.25) is 0 Å². The van der Waals surface area contributed by atoms with E-state index in [1.807, 2.05) is 36.4 Å². The lowest BCUT2D eigenvalue weighted by atomic mass is 10.1. The van der Waals surface area contributed by atoms with Gasteiger partial charge in [0.05, 0.1) is 11.0 Å². The number of hydrogen-bond acceptors (Lipinski definition) is 4. The van der Waals surface area contributed by atoms with Crippen LogP contribution in [0.15, 0.2) is 42.5 Å². The summed E-state index contributed by atoms with van der Waals surface area (Å²) in [5.74, 6) is 1.03. The molecule has 1 aromatic heterocycles. The quantitative estimate of drug-likeness (QED) is 0.605. The molecule has 0 bridgehead atoms. The van der Waals surface area contributed by atoms with Gasteiger partial charge in [-0.1, -0.05) is 26.0 Å². The van der Waals surface area contributed by atoms with Crippen molar-refractivity contribution in [2.75, 3.05) is 18.4 Å². The zero-order valence-electron chi connectivity index (χ0n) is 13.5. The number of rotatable bonds is 6. The summed E-state index contributed by atoms with van der Waals surface area (Å²) in [6.07, 6.45) is 0. The number of H-pyrrole nitrogens is 1. The number of para-hydroxylation sites is 2. The Morgan fingerprint density at radius 3 is 2.65 bits per heavy atom. The van der Waals surface area contributed by atoms with Gasteiger partial charge >= 0.3 is 0 Å². The Labute approximate surface area is 136 Å². The molecule has 0 spiro atoms.